The van der Waals surface area contributed by atoms with Crippen molar-refractivity contribution in [3.8, 4) is 0 Å². The number of hydrogen-bond donors (Lipinski definition) is 1. The van der Waals surface area contributed by atoms with Gasteiger partial charge in [-0.2, -0.15) is 0 Å². The van der Waals surface area contributed by atoms with Gasteiger partial charge in [0.15, 0.2) is 0 Å². The minimum absolute atomic E-state index is 0.820. The molecule has 0 aliphatic carbocycles. The molecule has 0 amide bonds. The van der Waals surface area contributed by atoms with Gasteiger partial charge in [-0.3, -0.25) is 9.80 Å². The lowest BCUT2D eigenvalue weighted by molar-refractivity contribution is 0.230. The molecule has 0 saturated carbocycles. The summed E-state index contributed by atoms with van der Waals surface area (Å²) in [6.07, 6.45) is 4.17. The minimum Gasteiger partial charge on any atom is -0.316 e. The lowest BCUT2D eigenvalue weighted by Gasteiger charge is -2.23. The quantitative estimate of drug-likeness (QED) is 0.886. The predicted octanol–water partition coefficient (Wildman–Crippen LogP) is 2.08. The first kappa shape index (κ1) is 14.1. The third-order valence-corrected chi connectivity index (χ3v) is 4.71. The molecule has 2 aliphatic rings. The van der Waals surface area contributed by atoms with Crippen molar-refractivity contribution >= 4 is 0 Å². The largest absolute Gasteiger partial charge is 0.316 e. The highest BCUT2D eigenvalue weighted by atomic mass is 15.3. The first-order valence-corrected chi connectivity index (χ1v) is 8.04. The van der Waals surface area contributed by atoms with Gasteiger partial charge in [0.05, 0.1) is 0 Å². The third kappa shape index (κ3) is 3.40. The van der Waals surface area contributed by atoms with Gasteiger partial charge in [0.25, 0.3) is 0 Å². The van der Waals surface area contributed by atoms with E-state index in [1.54, 1.807) is 0 Å². The molecule has 3 rings (SSSR count). The first-order valence-electron chi connectivity index (χ1n) is 8.04. The summed E-state index contributed by atoms with van der Waals surface area (Å²) in [5.74, 6) is 0. The van der Waals surface area contributed by atoms with E-state index in [0.717, 1.165) is 19.1 Å². The standard InChI is InChI=1S/C17H27N3/c1-18-12-15-4-6-16(7-5-15)13-19-11-8-17(14-19)20-9-2-3-10-20/h4-7,17-18H,2-3,8-14H2,1H3. The van der Waals surface area contributed by atoms with Crippen molar-refractivity contribution in [3.05, 3.63) is 35.4 Å². The van der Waals surface area contributed by atoms with E-state index in [1.807, 2.05) is 7.05 Å². The van der Waals surface area contributed by atoms with Crippen LogP contribution < -0.4 is 5.32 Å². The molecular formula is C17H27N3. The Hall–Kier alpha value is -0.900. The second-order valence-electron chi connectivity index (χ2n) is 6.27. The van der Waals surface area contributed by atoms with E-state index in [2.05, 4.69) is 39.4 Å². The summed E-state index contributed by atoms with van der Waals surface area (Å²) >= 11 is 0. The van der Waals surface area contributed by atoms with Gasteiger partial charge >= 0.3 is 0 Å². The maximum Gasteiger partial charge on any atom is 0.0235 e. The van der Waals surface area contributed by atoms with E-state index in [-0.39, 0.29) is 0 Å². The number of nitrogens with zero attached hydrogens (tertiary/aromatic N) is 2. The molecule has 1 N–H and O–H groups in total. The van der Waals surface area contributed by atoms with E-state index in [1.165, 1.54) is 56.6 Å². The summed E-state index contributed by atoms with van der Waals surface area (Å²) in [5, 5.41) is 3.20. The van der Waals surface area contributed by atoms with Crippen molar-refractivity contribution in [2.24, 2.45) is 0 Å². The van der Waals surface area contributed by atoms with Gasteiger partial charge in [0, 0.05) is 32.2 Å². The lowest BCUT2D eigenvalue weighted by Crippen LogP contribution is -2.35. The molecule has 0 spiro atoms. The Morgan fingerprint density at radius 1 is 1.05 bits per heavy atom. The molecule has 1 unspecified atom stereocenters. The molecule has 0 aromatic heterocycles. The summed E-state index contributed by atoms with van der Waals surface area (Å²) in [4.78, 5) is 5.33. The van der Waals surface area contributed by atoms with Gasteiger partial charge in [-0.05, 0) is 50.5 Å². The van der Waals surface area contributed by atoms with Crippen LogP contribution in [0.2, 0.25) is 0 Å². The maximum absolute atomic E-state index is 3.20. The lowest BCUT2D eigenvalue weighted by atomic mass is 10.1. The van der Waals surface area contributed by atoms with Crippen molar-refractivity contribution in [2.45, 2.75) is 38.4 Å². The Bertz CT molecular complexity index is 409. The molecule has 1 atom stereocenters. The van der Waals surface area contributed by atoms with Crippen LogP contribution in [0.3, 0.4) is 0 Å². The van der Waals surface area contributed by atoms with Gasteiger partial charge < -0.3 is 5.32 Å². The highest BCUT2D eigenvalue weighted by molar-refractivity contribution is 5.22. The van der Waals surface area contributed by atoms with Crippen LogP contribution in [-0.4, -0.2) is 49.1 Å². The summed E-state index contributed by atoms with van der Waals surface area (Å²) in [6.45, 7) is 7.26. The summed E-state index contributed by atoms with van der Waals surface area (Å²) in [7, 11) is 2.00. The average Bonchev–Trinajstić information content (AvgIpc) is 3.12. The predicted molar refractivity (Wildman–Crippen MR) is 83.7 cm³/mol. The Kier molecular flexibility index (Phi) is 4.71. The molecule has 3 heteroatoms. The SMILES string of the molecule is CNCc1ccc(CN2CCC(N3CCCC3)C2)cc1. The van der Waals surface area contributed by atoms with Crippen LogP contribution in [0.25, 0.3) is 0 Å². The average molecular weight is 273 g/mol. The fraction of sp³-hybridized carbons (Fsp3) is 0.647. The molecule has 2 fully saturated rings. The van der Waals surface area contributed by atoms with Crippen LogP contribution in [0, 0.1) is 0 Å². The van der Waals surface area contributed by atoms with E-state index >= 15 is 0 Å². The normalized spacial score (nSPS) is 24.6. The van der Waals surface area contributed by atoms with E-state index in [4.69, 9.17) is 0 Å². The second kappa shape index (κ2) is 6.70. The second-order valence-corrected chi connectivity index (χ2v) is 6.27. The van der Waals surface area contributed by atoms with Crippen molar-refractivity contribution in [3.63, 3.8) is 0 Å². The van der Waals surface area contributed by atoms with E-state index in [0.29, 0.717) is 0 Å². The molecule has 1 aromatic carbocycles. The highest BCUT2D eigenvalue weighted by Crippen LogP contribution is 2.21. The van der Waals surface area contributed by atoms with E-state index in [9.17, 15) is 0 Å². The Morgan fingerprint density at radius 3 is 2.45 bits per heavy atom. The third-order valence-electron chi connectivity index (χ3n) is 4.71. The van der Waals surface area contributed by atoms with Crippen LogP contribution in [0.1, 0.15) is 30.4 Å². The zero-order valence-corrected chi connectivity index (χ0v) is 12.6. The molecule has 1 aromatic rings. The van der Waals surface area contributed by atoms with Gasteiger partial charge in [-0.1, -0.05) is 24.3 Å². The van der Waals surface area contributed by atoms with Crippen LogP contribution in [0.15, 0.2) is 24.3 Å². The number of hydrogen-bond acceptors (Lipinski definition) is 3. The molecule has 20 heavy (non-hydrogen) atoms. The number of benzene rings is 1. The summed E-state index contributed by atoms with van der Waals surface area (Å²) < 4.78 is 0. The Morgan fingerprint density at radius 2 is 1.75 bits per heavy atom. The van der Waals surface area contributed by atoms with Crippen LogP contribution in [-0.2, 0) is 13.1 Å². The minimum atomic E-state index is 0.820. The van der Waals surface area contributed by atoms with Crippen LogP contribution >= 0.6 is 0 Å². The molecular weight excluding hydrogens is 246 g/mol. The Labute approximate surface area is 123 Å². The van der Waals surface area contributed by atoms with Crippen molar-refractivity contribution in [2.75, 3.05) is 33.2 Å². The fourth-order valence-corrected chi connectivity index (χ4v) is 3.59. The van der Waals surface area contributed by atoms with E-state index < -0.39 is 0 Å². The number of nitrogens with one attached hydrogen (secondary N) is 1. The molecule has 110 valence electrons. The van der Waals surface area contributed by atoms with Gasteiger partial charge in [0.2, 0.25) is 0 Å². The van der Waals surface area contributed by atoms with Crippen LogP contribution in [0.5, 0.6) is 0 Å². The fourth-order valence-electron chi connectivity index (χ4n) is 3.59. The zero-order chi connectivity index (χ0) is 13.8. The van der Waals surface area contributed by atoms with Crippen LogP contribution in [0.4, 0.5) is 0 Å². The molecule has 0 bridgehead atoms. The first-order chi connectivity index (χ1) is 9.85. The van der Waals surface area contributed by atoms with Gasteiger partial charge in [-0.15, -0.1) is 0 Å². The molecule has 3 nitrogen and oxygen atoms in total. The van der Waals surface area contributed by atoms with Gasteiger partial charge in [-0.25, -0.2) is 0 Å². The zero-order valence-electron chi connectivity index (χ0n) is 12.6. The summed E-state index contributed by atoms with van der Waals surface area (Å²) in [5.41, 5.74) is 2.82. The smallest absolute Gasteiger partial charge is 0.0235 e. The molecule has 2 heterocycles. The van der Waals surface area contributed by atoms with Gasteiger partial charge in [0.1, 0.15) is 0 Å². The van der Waals surface area contributed by atoms with Crippen molar-refractivity contribution in [1.29, 1.82) is 0 Å². The monoisotopic (exact) mass is 273 g/mol. The highest BCUT2D eigenvalue weighted by Gasteiger charge is 2.28. The molecule has 0 radical (unpaired) electrons. The topological polar surface area (TPSA) is 18.5 Å². The molecule has 2 saturated heterocycles. The van der Waals surface area contributed by atoms with Crippen molar-refractivity contribution < 1.29 is 0 Å². The molecule has 2 aliphatic heterocycles. The number of likely N-dealkylation sites (tertiary alicyclic amines) is 2. The maximum atomic E-state index is 3.20. The Balaban J connectivity index is 1.50. The van der Waals surface area contributed by atoms with Crippen molar-refractivity contribution in [1.82, 2.24) is 15.1 Å². The number of rotatable bonds is 5. The summed E-state index contributed by atoms with van der Waals surface area (Å²) in [6, 6.07) is 9.90.